The molecule has 3 nitrogen and oxygen atoms in total. The SMILES string of the molecule is CCCN(C(=O)CCc1ccc(C)s1)c1cccnc1. The van der Waals surface area contributed by atoms with Crippen LogP contribution in [0.3, 0.4) is 0 Å². The molecule has 2 aromatic heterocycles. The molecule has 0 aliphatic carbocycles. The molecule has 2 aromatic rings. The lowest BCUT2D eigenvalue weighted by molar-refractivity contribution is -0.118. The molecule has 0 unspecified atom stereocenters. The van der Waals surface area contributed by atoms with Crippen LogP contribution in [0.25, 0.3) is 0 Å². The molecule has 0 aromatic carbocycles. The molecule has 0 fully saturated rings. The van der Waals surface area contributed by atoms with Crippen molar-refractivity contribution in [3.8, 4) is 0 Å². The number of carbonyl (C=O) groups is 1. The van der Waals surface area contributed by atoms with Crippen molar-refractivity contribution in [1.82, 2.24) is 4.98 Å². The molecule has 0 aliphatic heterocycles. The summed E-state index contributed by atoms with van der Waals surface area (Å²) in [5, 5.41) is 0. The Balaban J connectivity index is 2.00. The van der Waals surface area contributed by atoms with Crippen molar-refractivity contribution >= 4 is 22.9 Å². The van der Waals surface area contributed by atoms with E-state index in [1.54, 1.807) is 23.7 Å². The van der Waals surface area contributed by atoms with E-state index in [0.717, 1.165) is 25.1 Å². The highest BCUT2D eigenvalue weighted by molar-refractivity contribution is 7.11. The third kappa shape index (κ3) is 3.90. The van der Waals surface area contributed by atoms with Gasteiger partial charge >= 0.3 is 0 Å². The van der Waals surface area contributed by atoms with Crippen molar-refractivity contribution in [2.24, 2.45) is 0 Å². The molecule has 0 spiro atoms. The molecule has 0 atom stereocenters. The fourth-order valence-electron chi connectivity index (χ4n) is 2.12. The molecule has 2 heterocycles. The van der Waals surface area contributed by atoms with Gasteiger partial charge in [0.15, 0.2) is 0 Å². The van der Waals surface area contributed by atoms with Crippen LogP contribution in [-0.4, -0.2) is 17.4 Å². The van der Waals surface area contributed by atoms with E-state index >= 15 is 0 Å². The Kier molecular flexibility index (Phi) is 5.30. The van der Waals surface area contributed by atoms with Crippen molar-refractivity contribution in [2.75, 3.05) is 11.4 Å². The van der Waals surface area contributed by atoms with E-state index in [1.807, 2.05) is 17.0 Å². The molecule has 0 radical (unpaired) electrons. The van der Waals surface area contributed by atoms with Gasteiger partial charge in [0.05, 0.1) is 11.9 Å². The highest BCUT2D eigenvalue weighted by Crippen LogP contribution is 2.19. The number of rotatable bonds is 6. The monoisotopic (exact) mass is 288 g/mol. The number of carbonyl (C=O) groups excluding carboxylic acids is 1. The van der Waals surface area contributed by atoms with Crippen molar-refractivity contribution in [2.45, 2.75) is 33.1 Å². The summed E-state index contributed by atoms with van der Waals surface area (Å²) in [5.74, 6) is 0.172. The third-order valence-electron chi connectivity index (χ3n) is 3.09. The topological polar surface area (TPSA) is 33.2 Å². The molecule has 106 valence electrons. The van der Waals surface area contributed by atoms with E-state index in [1.165, 1.54) is 9.75 Å². The highest BCUT2D eigenvalue weighted by atomic mass is 32.1. The van der Waals surface area contributed by atoms with Crippen LogP contribution in [0.2, 0.25) is 0 Å². The summed E-state index contributed by atoms with van der Waals surface area (Å²) >= 11 is 1.77. The average Bonchev–Trinajstić information content (AvgIpc) is 2.89. The normalized spacial score (nSPS) is 10.5. The summed E-state index contributed by atoms with van der Waals surface area (Å²) in [4.78, 5) is 20.9. The second kappa shape index (κ2) is 7.20. The van der Waals surface area contributed by atoms with Gasteiger partial charge in [-0.25, -0.2) is 0 Å². The van der Waals surface area contributed by atoms with Crippen LogP contribution in [0.4, 0.5) is 5.69 Å². The van der Waals surface area contributed by atoms with Crippen LogP contribution in [-0.2, 0) is 11.2 Å². The molecule has 20 heavy (non-hydrogen) atoms. The molecule has 0 aliphatic rings. The third-order valence-corrected chi connectivity index (χ3v) is 4.15. The van der Waals surface area contributed by atoms with Crippen molar-refractivity contribution in [1.29, 1.82) is 0 Å². The zero-order valence-electron chi connectivity index (χ0n) is 12.0. The minimum absolute atomic E-state index is 0.172. The summed E-state index contributed by atoms with van der Waals surface area (Å²) in [6.45, 7) is 4.92. The lowest BCUT2D eigenvalue weighted by atomic mass is 10.2. The maximum atomic E-state index is 12.4. The molecule has 0 N–H and O–H groups in total. The van der Waals surface area contributed by atoms with Gasteiger partial charge in [-0.05, 0) is 44.0 Å². The predicted octanol–water partition coefficient (Wildman–Crippen LogP) is 3.83. The van der Waals surface area contributed by atoms with E-state index < -0.39 is 0 Å². The Hall–Kier alpha value is -1.68. The Morgan fingerprint density at radius 1 is 1.35 bits per heavy atom. The Bertz CT molecular complexity index is 551. The summed E-state index contributed by atoms with van der Waals surface area (Å²) in [5.41, 5.74) is 0.890. The van der Waals surface area contributed by atoms with Crippen LogP contribution < -0.4 is 4.90 Å². The zero-order valence-corrected chi connectivity index (χ0v) is 12.8. The first-order chi connectivity index (χ1) is 9.70. The lowest BCUT2D eigenvalue weighted by Gasteiger charge is -2.21. The number of pyridine rings is 1. The number of amides is 1. The Morgan fingerprint density at radius 3 is 2.80 bits per heavy atom. The average molecular weight is 288 g/mol. The molecular formula is C16H20N2OS. The van der Waals surface area contributed by atoms with Crippen molar-refractivity contribution in [3.05, 3.63) is 46.4 Å². The predicted molar refractivity (Wildman–Crippen MR) is 84.3 cm³/mol. The van der Waals surface area contributed by atoms with Gasteiger partial charge in [-0.2, -0.15) is 0 Å². The number of thiophene rings is 1. The minimum atomic E-state index is 0.172. The highest BCUT2D eigenvalue weighted by Gasteiger charge is 2.15. The molecular weight excluding hydrogens is 268 g/mol. The second-order valence-electron chi connectivity index (χ2n) is 4.77. The van der Waals surface area contributed by atoms with Gasteiger partial charge in [0, 0.05) is 28.9 Å². The number of hydrogen-bond donors (Lipinski definition) is 0. The van der Waals surface area contributed by atoms with Crippen LogP contribution in [0, 0.1) is 6.92 Å². The van der Waals surface area contributed by atoms with E-state index in [0.29, 0.717) is 6.42 Å². The second-order valence-corrected chi connectivity index (χ2v) is 6.14. The van der Waals surface area contributed by atoms with Gasteiger partial charge < -0.3 is 4.90 Å². The molecule has 0 saturated heterocycles. The van der Waals surface area contributed by atoms with Crippen LogP contribution in [0.5, 0.6) is 0 Å². The quantitative estimate of drug-likeness (QED) is 0.809. The largest absolute Gasteiger partial charge is 0.311 e. The number of aryl methyl sites for hydroxylation is 2. The Morgan fingerprint density at radius 2 is 2.20 bits per heavy atom. The van der Waals surface area contributed by atoms with Crippen LogP contribution >= 0.6 is 11.3 Å². The van der Waals surface area contributed by atoms with Gasteiger partial charge in [0.2, 0.25) is 5.91 Å². The lowest BCUT2D eigenvalue weighted by Crippen LogP contribution is -2.31. The first kappa shape index (κ1) is 14.7. The molecule has 0 saturated carbocycles. The van der Waals surface area contributed by atoms with Crippen molar-refractivity contribution < 1.29 is 4.79 Å². The summed E-state index contributed by atoms with van der Waals surface area (Å²) in [7, 11) is 0. The fourth-order valence-corrected chi connectivity index (χ4v) is 3.01. The van der Waals surface area contributed by atoms with Crippen molar-refractivity contribution in [3.63, 3.8) is 0 Å². The van der Waals surface area contributed by atoms with Crippen LogP contribution in [0.15, 0.2) is 36.7 Å². The van der Waals surface area contributed by atoms with Gasteiger partial charge in [-0.3, -0.25) is 9.78 Å². The number of aromatic nitrogens is 1. The van der Waals surface area contributed by atoms with E-state index in [9.17, 15) is 4.79 Å². The minimum Gasteiger partial charge on any atom is -0.311 e. The fraction of sp³-hybridized carbons (Fsp3) is 0.375. The molecule has 4 heteroatoms. The maximum absolute atomic E-state index is 12.4. The number of anilines is 1. The van der Waals surface area contributed by atoms with Gasteiger partial charge in [0.1, 0.15) is 0 Å². The summed E-state index contributed by atoms with van der Waals surface area (Å²) in [6.07, 6.45) is 5.79. The van der Waals surface area contributed by atoms with E-state index in [-0.39, 0.29) is 5.91 Å². The molecule has 2 rings (SSSR count). The van der Waals surface area contributed by atoms with E-state index in [2.05, 4.69) is 31.0 Å². The number of hydrogen-bond acceptors (Lipinski definition) is 3. The Labute approximate surface area is 124 Å². The molecule has 0 bridgehead atoms. The maximum Gasteiger partial charge on any atom is 0.227 e. The smallest absolute Gasteiger partial charge is 0.227 e. The first-order valence-corrected chi connectivity index (χ1v) is 7.78. The van der Waals surface area contributed by atoms with Gasteiger partial charge in [0.25, 0.3) is 0 Å². The molecule has 1 amide bonds. The first-order valence-electron chi connectivity index (χ1n) is 6.96. The summed E-state index contributed by atoms with van der Waals surface area (Å²) < 4.78 is 0. The number of nitrogens with zero attached hydrogens (tertiary/aromatic N) is 2. The standard InChI is InChI=1S/C16H20N2OS/c1-3-11-18(14-5-4-10-17-12-14)16(19)9-8-15-7-6-13(2)20-15/h4-7,10,12H,3,8-9,11H2,1-2H3. The van der Waals surface area contributed by atoms with Crippen LogP contribution in [0.1, 0.15) is 29.5 Å². The van der Waals surface area contributed by atoms with Gasteiger partial charge in [-0.1, -0.05) is 6.92 Å². The van der Waals surface area contributed by atoms with E-state index in [4.69, 9.17) is 0 Å². The summed E-state index contributed by atoms with van der Waals surface area (Å²) in [6, 6.07) is 8.03. The zero-order chi connectivity index (χ0) is 14.4. The van der Waals surface area contributed by atoms with Gasteiger partial charge in [-0.15, -0.1) is 11.3 Å².